The molecule has 0 aliphatic heterocycles. The predicted octanol–water partition coefficient (Wildman–Crippen LogP) is 5.07. The molecule has 28 heavy (non-hydrogen) atoms. The standard InChI is InChI=1S/C23H15N4S/c1-2-9-17(10-3-1)26-20-15-14-16-8-4-5-11-18(16)22(20)25-27(26)23-24-19-12-6-7-13-21(19)28-23/h1-15H/q+1. The Labute approximate surface area is 164 Å². The molecule has 2 aromatic heterocycles. The van der Waals surface area contributed by atoms with Crippen LogP contribution in [0.25, 0.3) is 42.8 Å². The highest BCUT2D eigenvalue weighted by molar-refractivity contribution is 7.20. The molecule has 5 heteroatoms. The maximum Gasteiger partial charge on any atom is 0.274 e. The number of para-hydroxylation sites is 2. The second kappa shape index (κ2) is 5.97. The fraction of sp³-hybridized carbons (Fsp3) is 0. The van der Waals surface area contributed by atoms with Gasteiger partial charge in [-0.05, 0) is 47.9 Å². The third-order valence-corrected chi connectivity index (χ3v) is 5.95. The molecule has 0 saturated heterocycles. The van der Waals surface area contributed by atoms with Crippen LogP contribution < -0.4 is 4.68 Å². The normalized spacial score (nSPS) is 11.6. The van der Waals surface area contributed by atoms with E-state index in [1.807, 2.05) is 41.2 Å². The summed E-state index contributed by atoms with van der Waals surface area (Å²) in [5.74, 6) is 0. The lowest BCUT2D eigenvalue weighted by atomic mass is 10.1. The van der Waals surface area contributed by atoms with E-state index in [1.54, 1.807) is 11.3 Å². The molecule has 132 valence electrons. The molecule has 6 rings (SSSR count). The summed E-state index contributed by atoms with van der Waals surface area (Å²) in [7, 11) is 0. The van der Waals surface area contributed by atoms with Crippen molar-refractivity contribution >= 4 is 43.4 Å². The molecule has 6 aromatic rings. The number of aromatic nitrogens is 4. The number of benzene rings is 4. The molecule has 0 radical (unpaired) electrons. The van der Waals surface area contributed by atoms with Crippen LogP contribution in [-0.4, -0.2) is 14.9 Å². The van der Waals surface area contributed by atoms with Gasteiger partial charge in [0, 0.05) is 10.2 Å². The Morgan fingerprint density at radius 2 is 1.54 bits per heavy atom. The average Bonchev–Trinajstić information content (AvgIpc) is 3.36. The molecule has 4 nitrogen and oxygen atoms in total. The van der Waals surface area contributed by atoms with Crippen LogP contribution in [0, 0.1) is 0 Å². The number of thiazole rings is 1. The molecule has 0 aliphatic rings. The van der Waals surface area contributed by atoms with Gasteiger partial charge in [0.2, 0.25) is 5.52 Å². The molecule has 0 spiro atoms. The minimum atomic E-state index is 0.852. The highest BCUT2D eigenvalue weighted by atomic mass is 32.1. The first-order chi connectivity index (χ1) is 13.9. The summed E-state index contributed by atoms with van der Waals surface area (Å²) in [4.78, 5) is 6.77. The molecular weight excluding hydrogens is 364 g/mol. The molecule has 0 atom stereocenters. The molecule has 0 aliphatic carbocycles. The summed E-state index contributed by atoms with van der Waals surface area (Å²) in [6.45, 7) is 0. The molecule has 0 amide bonds. The smallest absolute Gasteiger partial charge is 0.213 e. The Morgan fingerprint density at radius 3 is 2.43 bits per heavy atom. The Balaban J connectivity index is 1.74. The third-order valence-electron chi connectivity index (χ3n) is 4.95. The highest BCUT2D eigenvalue weighted by Gasteiger charge is 2.26. The Morgan fingerprint density at radius 1 is 0.750 bits per heavy atom. The van der Waals surface area contributed by atoms with Crippen LogP contribution in [0.1, 0.15) is 0 Å². The van der Waals surface area contributed by atoms with Gasteiger partial charge >= 0.3 is 0 Å². The van der Waals surface area contributed by atoms with Crippen LogP contribution in [0.3, 0.4) is 0 Å². The number of rotatable bonds is 2. The van der Waals surface area contributed by atoms with Gasteiger partial charge in [-0.25, -0.2) is 4.98 Å². The summed E-state index contributed by atoms with van der Waals surface area (Å²) in [5, 5.41) is 8.19. The summed E-state index contributed by atoms with van der Waals surface area (Å²) in [5.41, 5.74) is 4.08. The molecular formula is C23H15N4S+. The topological polar surface area (TPSA) is 34.6 Å². The van der Waals surface area contributed by atoms with E-state index in [1.165, 1.54) is 5.39 Å². The third kappa shape index (κ3) is 2.27. The number of hydrogen-bond donors (Lipinski definition) is 0. The Hall–Kier alpha value is -3.57. The monoisotopic (exact) mass is 379 g/mol. The van der Waals surface area contributed by atoms with Gasteiger partial charge in [-0.1, -0.05) is 59.9 Å². The molecule has 4 aromatic carbocycles. The zero-order valence-corrected chi connectivity index (χ0v) is 15.7. The molecule has 2 heterocycles. The Bertz CT molecular complexity index is 1430. The van der Waals surface area contributed by atoms with Crippen molar-refractivity contribution in [3.05, 3.63) is 91.0 Å². The maximum atomic E-state index is 5.01. The molecule has 0 unspecified atom stereocenters. The highest BCUT2D eigenvalue weighted by Crippen LogP contribution is 2.27. The van der Waals surface area contributed by atoms with E-state index < -0.39 is 0 Å². The van der Waals surface area contributed by atoms with E-state index in [9.17, 15) is 0 Å². The largest absolute Gasteiger partial charge is 0.274 e. The first-order valence-electron chi connectivity index (χ1n) is 9.13. The number of fused-ring (bicyclic) bond motifs is 4. The summed E-state index contributed by atoms with van der Waals surface area (Å²) >= 11 is 1.65. The minimum Gasteiger partial charge on any atom is -0.213 e. The van der Waals surface area contributed by atoms with Crippen molar-refractivity contribution in [2.24, 2.45) is 0 Å². The number of nitrogens with zero attached hydrogens (tertiary/aromatic N) is 4. The second-order valence-electron chi connectivity index (χ2n) is 6.66. The van der Waals surface area contributed by atoms with Gasteiger partial charge in [0.05, 0.1) is 15.3 Å². The van der Waals surface area contributed by atoms with Gasteiger partial charge in [-0.2, -0.15) is 0 Å². The van der Waals surface area contributed by atoms with E-state index in [2.05, 4.69) is 59.3 Å². The van der Waals surface area contributed by atoms with Gasteiger partial charge in [-0.15, -0.1) is 4.68 Å². The van der Waals surface area contributed by atoms with Crippen LogP contribution in [0.4, 0.5) is 0 Å². The van der Waals surface area contributed by atoms with Crippen molar-refractivity contribution in [2.45, 2.75) is 0 Å². The SMILES string of the molecule is c1ccc(-[n+]2c3ccc4ccccc4c3nn2-c2nc3ccccc3s2)cc1. The summed E-state index contributed by atoms with van der Waals surface area (Å²) in [6.07, 6.45) is 0. The van der Waals surface area contributed by atoms with Crippen molar-refractivity contribution in [1.82, 2.24) is 14.9 Å². The van der Waals surface area contributed by atoms with E-state index in [0.717, 1.165) is 37.5 Å². The zero-order valence-electron chi connectivity index (χ0n) is 14.9. The van der Waals surface area contributed by atoms with Gasteiger partial charge < -0.3 is 0 Å². The van der Waals surface area contributed by atoms with Gasteiger partial charge in [-0.3, -0.25) is 0 Å². The van der Waals surface area contributed by atoms with Gasteiger partial charge in [0.1, 0.15) is 0 Å². The molecule has 0 N–H and O–H groups in total. The molecule has 0 fully saturated rings. The Kier molecular flexibility index (Phi) is 3.30. The first kappa shape index (κ1) is 15.5. The van der Waals surface area contributed by atoms with E-state index in [4.69, 9.17) is 10.1 Å². The fourth-order valence-corrected chi connectivity index (χ4v) is 4.56. The van der Waals surface area contributed by atoms with E-state index in [-0.39, 0.29) is 0 Å². The molecule has 0 saturated carbocycles. The van der Waals surface area contributed by atoms with E-state index >= 15 is 0 Å². The summed E-state index contributed by atoms with van der Waals surface area (Å²) in [6, 6.07) is 31.2. The van der Waals surface area contributed by atoms with Crippen LogP contribution >= 0.6 is 11.3 Å². The van der Waals surface area contributed by atoms with Crippen LogP contribution in [-0.2, 0) is 0 Å². The van der Waals surface area contributed by atoms with Crippen molar-refractivity contribution in [2.75, 3.05) is 0 Å². The lowest BCUT2D eigenvalue weighted by Gasteiger charge is -2.00. The fourth-order valence-electron chi connectivity index (χ4n) is 3.65. The van der Waals surface area contributed by atoms with Crippen molar-refractivity contribution < 1.29 is 4.68 Å². The zero-order chi connectivity index (χ0) is 18.5. The number of hydrogen-bond acceptors (Lipinski definition) is 3. The lowest BCUT2D eigenvalue weighted by Crippen LogP contribution is -2.40. The van der Waals surface area contributed by atoms with Gasteiger partial charge in [0.25, 0.3) is 10.6 Å². The van der Waals surface area contributed by atoms with Crippen LogP contribution in [0.15, 0.2) is 91.0 Å². The quantitative estimate of drug-likeness (QED) is 0.394. The van der Waals surface area contributed by atoms with Crippen molar-refractivity contribution in [3.8, 4) is 10.8 Å². The summed E-state index contributed by atoms with van der Waals surface area (Å²) < 4.78 is 3.29. The van der Waals surface area contributed by atoms with E-state index in [0.29, 0.717) is 0 Å². The van der Waals surface area contributed by atoms with Crippen LogP contribution in [0.2, 0.25) is 0 Å². The first-order valence-corrected chi connectivity index (χ1v) is 9.94. The second-order valence-corrected chi connectivity index (χ2v) is 7.66. The predicted molar refractivity (Wildman–Crippen MR) is 113 cm³/mol. The van der Waals surface area contributed by atoms with Gasteiger partial charge in [0.15, 0.2) is 5.69 Å². The average molecular weight is 379 g/mol. The van der Waals surface area contributed by atoms with Crippen molar-refractivity contribution in [1.29, 1.82) is 0 Å². The minimum absolute atomic E-state index is 0.852. The lowest BCUT2D eigenvalue weighted by molar-refractivity contribution is -0.655. The van der Waals surface area contributed by atoms with Crippen LogP contribution in [0.5, 0.6) is 0 Å². The molecule has 0 bridgehead atoms. The van der Waals surface area contributed by atoms with Crippen molar-refractivity contribution in [3.63, 3.8) is 0 Å². The maximum absolute atomic E-state index is 5.01.